The number of unbranched alkanes of at least 4 members (excludes halogenated alkanes) is 2. The minimum absolute atomic E-state index is 0.00630. The van der Waals surface area contributed by atoms with Crippen LogP contribution in [-0.4, -0.2) is 140 Å². The number of ketones is 1. The maximum atomic E-state index is 13.3. The number of carbonyl (C=O) groups is 7. The molecule has 2 fully saturated rings. The SMILES string of the molecule is CC[C@@H](C(=O)NCCC(=O)Nc1cc(C[n+]2cccc(/C=C/C(=O)CCCCCC3CCN(C(=O)c4cccc(NC(=O)OC(C)(C)C)c4)CC3)c2)ccc1O[C@H]1O[C@H](CO)[C@@H](O)[C@H](O)[C@@H]1O)N1C(=O)C=CC1=O. The zero-order valence-electron chi connectivity index (χ0n) is 42.3. The van der Waals surface area contributed by atoms with Crippen LogP contribution in [0.2, 0.25) is 0 Å². The van der Waals surface area contributed by atoms with E-state index in [-0.39, 0.29) is 42.5 Å². The lowest BCUT2D eigenvalue weighted by molar-refractivity contribution is -0.688. The average molecular weight is 1030 g/mol. The first-order valence-electron chi connectivity index (χ1n) is 25.1. The van der Waals surface area contributed by atoms with E-state index in [1.807, 2.05) is 34.0 Å². The van der Waals surface area contributed by atoms with E-state index in [1.54, 1.807) is 76.2 Å². The van der Waals surface area contributed by atoms with Crippen molar-refractivity contribution in [3.63, 3.8) is 0 Å². The Labute approximate surface area is 430 Å². The number of allylic oxidation sites excluding steroid dienone is 1. The van der Waals surface area contributed by atoms with E-state index in [2.05, 4.69) is 16.0 Å². The maximum absolute atomic E-state index is 13.3. The average Bonchev–Trinajstić information content (AvgIpc) is 3.69. The summed E-state index contributed by atoms with van der Waals surface area (Å²) in [6, 6.07) is 14.4. The van der Waals surface area contributed by atoms with Crippen molar-refractivity contribution >= 4 is 58.9 Å². The van der Waals surface area contributed by atoms with Crippen LogP contribution in [0.4, 0.5) is 16.2 Å². The highest BCUT2D eigenvalue weighted by atomic mass is 16.7. The first kappa shape index (κ1) is 56.5. The lowest BCUT2D eigenvalue weighted by Crippen LogP contribution is -2.60. The minimum atomic E-state index is -1.73. The molecular weight excluding hydrogens is 957 g/mol. The van der Waals surface area contributed by atoms with Gasteiger partial charge in [0.1, 0.15) is 41.8 Å². The highest BCUT2D eigenvalue weighted by Crippen LogP contribution is 2.31. The zero-order valence-corrected chi connectivity index (χ0v) is 42.3. The number of aliphatic hydroxyl groups excluding tert-OH is 4. The summed E-state index contributed by atoms with van der Waals surface area (Å²) in [4.78, 5) is 91.7. The van der Waals surface area contributed by atoms with E-state index in [4.69, 9.17) is 14.2 Å². The number of aliphatic hydroxyl groups is 4. The quantitative estimate of drug-likeness (QED) is 0.0327. The molecule has 0 unspecified atom stereocenters. The van der Waals surface area contributed by atoms with Gasteiger partial charge in [-0.1, -0.05) is 32.3 Å². The number of amides is 6. The van der Waals surface area contributed by atoms with Crippen LogP contribution in [0.15, 0.2) is 85.2 Å². The van der Waals surface area contributed by atoms with Gasteiger partial charge in [-0.05, 0) is 107 Å². The van der Waals surface area contributed by atoms with Crippen LogP contribution in [0, 0.1) is 5.92 Å². The molecule has 74 heavy (non-hydrogen) atoms. The van der Waals surface area contributed by atoms with Crippen LogP contribution in [-0.2, 0) is 40.0 Å². The van der Waals surface area contributed by atoms with Crippen LogP contribution < -0.4 is 25.3 Å². The molecule has 20 nitrogen and oxygen atoms in total. The summed E-state index contributed by atoms with van der Waals surface area (Å²) in [5.74, 6) is -1.92. The molecule has 6 amide bonds. The Morgan fingerprint density at radius 1 is 0.892 bits per heavy atom. The number of hydrogen-bond acceptors (Lipinski definition) is 14. The third kappa shape index (κ3) is 16.1. The number of nitrogens with zero attached hydrogens (tertiary/aromatic N) is 3. The topological polar surface area (TPSA) is 275 Å². The van der Waals surface area contributed by atoms with Crippen molar-refractivity contribution in [2.45, 2.75) is 134 Å². The number of likely N-dealkylation sites (tertiary alicyclic amines) is 1. The maximum Gasteiger partial charge on any atom is 0.412 e. The lowest BCUT2D eigenvalue weighted by Gasteiger charge is -2.39. The Kier molecular flexibility index (Phi) is 20.1. The molecule has 398 valence electrons. The van der Waals surface area contributed by atoms with Gasteiger partial charge in [0.05, 0.1) is 12.3 Å². The van der Waals surface area contributed by atoms with Crippen molar-refractivity contribution < 1.29 is 72.8 Å². The van der Waals surface area contributed by atoms with Gasteiger partial charge in [0.25, 0.3) is 17.7 Å². The number of nitrogens with one attached hydrogen (secondary N) is 3. The molecule has 3 aromatic rings. The number of benzene rings is 2. The predicted molar refractivity (Wildman–Crippen MR) is 270 cm³/mol. The van der Waals surface area contributed by atoms with Crippen LogP contribution in [0.1, 0.15) is 107 Å². The van der Waals surface area contributed by atoms with Crippen LogP contribution in [0.25, 0.3) is 6.08 Å². The number of rotatable bonds is 22. The Bertz CT molecular complexity index is 2530. The normalized spacial score (nSPS) is 20.6. The second kappa shape index (κ2) is 26.4. The smallest absolute Gasteiger partial charge is 0.412 e. The zero-order chi connectivity index (χ0) is 53.5. The molecule has 0 saturated carbocycles. The van der Waals surface area contributed by atoms with Crippen molar-refractivity contribution in [3.05, 3.63) is 102 Å². The number of imide groups is 1. The second-order valence-electron chi connectivity index (χ2n) is 19.7. The van der Waals surface area contributed by atoms with E-state index in [0.717, 1.165) is 61.1 Å². The molecule has 7 N–H and O–H groups in total. The molecule has 0 spiro atoms. The monoisotopic (exact) mass is 1030 g/mol. The van der Waals surface area contributed by atoms with Gasteiger partial charge in [-0.25, -0.2) is 9.36 Å². The number of aromatic nitrogens is 1. The molecule has 0 aliphatic carbocycles. The highest BCUT2D eigenvalue weighted by Gasteiger charge is 2.45. The molecule has 3 aliphatic rings. The van der Waals surface area contributed by atoms with Crippen LogP contribution in [0.5, 0.6) is 5.75 Å². The molecule has 4 heterocycles. The van der Waals surface area contributed by atoms with E-state index in [0.29, 0.717) is 48.8 Å². The molecule has 1 aromatic heterocycles. The van der Waals surface area contributed by atoms with Crippen LogP contribution >= 0.6 is 0 Å². The highest BCUT2D eigenvalue weighted by molar-refractivity contribution is 6.15. The second-order valence-corrected chi connectivity index (χ2v) is 19.7. The fourth-order valence-electron chi connectivity index (χ4n) is 8.89. The third-order valence-electron chi connectivity index (χ3n) is 12.8. The standard InChI is InChI=1S/C54H68N6O14/c1-5-41(60-45(64)20-21-46(60)65)50(69)55-25-22-44(63)57-40-29-36(17-19-42(40)72-52-49(68)48(67)47(66)43(33-61)73-52)32-58-26-10-12-35(31-58)16-18-39(62)15-8-6-7-11-34-23-27-59(28-24-34)51(70)37-13-9-14-38(30-37)56-53(71)74-54(2,3)4/h9-10,12-14,16-21,26,29-31,34,41,43,47-49,52,61,66-68H,5-8,11,15,22-25,27-28,32-33H2,1-4H3,(H2-,55,56,57,63,69,71)/p+1/b18-16+/t41-,43+,47+,48-,49-,52-/m0/s1. The predicted octanol–water partition coefficient (Wildman–Crippen LogP) is 3.78. The van der Waals surface area contributed by atoms with E-state index in [9.17, 15) is 54.0 Å². The van der Waals surface area contributed by atoms with Gasteiger partial charge in [0, 0.05) is 73.1 Å². The summed E-state index contributed by atoms with van der Waals surface area (Å²) < 4.78 is 18.7. The summed E-state index contributed by atoms with van der Waals surface area (Å²) in [6.45, 7) is 7.79. The molecule has 0 bridgehead atoms. The van der Waals surface area contributed by atoms with Gasteiger partial charge in [0.2, 0.25) is 18.1 Å². The minimum Gasteiger partial charge on any atom is -0.460 e. The van der Waals surface area contributed by atoms with E-state index < -0.39 is 78.7 Å². The van der Waals surface area contributed by atoms with Gasteiger partial charge < -0.3 is 50.2 Å². The molecule has 0 radical (unpaired) electrons. The van der Waals surface area contributed by atoms with Gasteiger partial charge in [-0.3, -0.25) is 39.0 Å². The van der Waals surface area contributed by atoms with Gasteiger partial charge in [-0.2, -0.15) is 0 Å². The molecule has 3 aliphatic heterocycles. The summed E-state index contributed by atoms with van der Waals surface area (Å²) in [5, 5.41) is 49.1. The van der Waals surface area contributed by atoms with Gasteiger partial charge >= 0.3 is 6.09 Å². The fourth-order valence-corrected chi connectivity index (χ4v) is 8.89. The number of piperidine rings is 1. The Balaban J connectivity index is 0.973. The number of ether oxygens (including phenoxy) is 3. The Hall–Kier alpha value is -6.84. The summed E-state index contributed by atoms with van der Waals surface area (Å²) in [5.41, 5.74) is 1.96. The summed E-state index contributed by atoms with van der Waals surface area (Å²) in [7, 11) is 0. The number of hydrogen-bond donors (Lipinski definition) is 7. The number of anilines is 2. The summed E-state index contributed by atoms with van der Waals surface area (Å²) >= 11 is 0. The largest absolute Gasteiger partial charge is 0.460 e. The fraction of sp³-hybridized carbons (Fsp3) is 0.481. The first-order chi connectivity index (χ1) is 35.3. The van der Waals surface area contributed by atoms with Crippen molar-refractivity contribution in [3.8, 4) is 5.75 Å². The molecule has 6 rings (SSSR count). The molecule has 2 saturated heterocycles. The number of pyridine rings is 1. The number of carbonyl (C=O) groups excluding carboxylic acids is 7. The van der Waals surface area contributed by atoms with Crippen molar-refractivity contribution in [2.24, 2.45) is 5.92 Å². The Morgan fingerprint density at radius 2 is 1.64 bits per heavy atom. The van der Waals surface area contributed by atoms with Gasteiger partial charge in [0.15, 0.2) is 24.7 Å². The third-order valence-corrected chi connectivity index (χ3v) is 12.8. The van der Waals surface area contributed by atoms with E-state index >= 15 is 0 Å². The molecule has 2 aromatic carbocycles. The lowest BCUT2D eigenvalue weighted by atomic mass is 9.90. The van der Waals surface area contributed by atoms with E-state index in [1.165, 1.54) is 6.07 Å². The van der Waals surface area contributed by atoms with Crippen LogP contribution in [0.3, 0.4) is 0 Å². The van der Waals surface area contributed by atoms with Crippen molar-refractivity contribution in [1.82, 2.24) is 15.1 Å². The first-order valence-corrected chi connectivity index (χ1v) is 25.1. The van der Waals surface area contributed by atoms with Crippen molar-refractivity contribution in [2.75, 3.05) is 36.9 Å². The molecule has 6 atom stereocenters. The molecular formula is C54H69N6O14+. The van der Waals surface area contributed by atoms with Crippen molar-refractivity contribution in [1.29, 1.82) is 0 Å². The Morgan fingerprint density at radius 3 is 2.34 bits per heavy atom. The van der Waals surface area contributed by atoms with Gasteiger partial charge in [-0.15, -0.1) is 0 Å². The summed E-state index contributed by atoms with van der Waals surface area (Å²) in [6.07, 6.45) is 6.59. The molecule has 20 heteroatoms.